The summed E-state index contributed by atoms with van der Waals surface area (Å²) in [6.45, 7) is 0.601. The van der Waals surface area contributed by atoms with Gasteiger partial charge in [-0.3, -0.25) is 5.84 Å². The van der Waals surface area contributed by atoms with Gasteiger partial charge in [0.2, 0.25) is 0 Å². The molecule has 0 heterocycles. The van der Waals surface area contributed by atoms with Crippen LogP contribution in [0.1, 0.15) is 5.56 Å². The van der Waals surface area contributed by atoms with E-state index in [0.29, 0.717) is 6.61 Å². The van der Waals surface area contributed by atoms with Crippen LogP contribution in [0.25, 0.3) is 0 Å². The molecule has 3 N–H and O–H groups in total. The molecular weight excluding hydrogens is 268 g/mol. The second-order valence-corrected chi connectivity index (χ2v) is 3.04. The van der Waals surface area contributed by atoms with Crippen molar-refractivity contribution in [2.24, 2.45) is 11.0 Å². The summed E-state index contributed by atoms with van der Waals surface area (Å²) < 4.78 is 31.3. The van der Waals surface area contributed by atoms with E-state index in [2.05, 4.69) is 5.16 Å². The van der Waals surface area contributed by atoms with E-state index in [4.69, 9.17) is 15.4 Å². The van der Waals surface area contributed by atoms with Crippen LogP contribution in [0, 0.1) is 11.6 Å². The Labute approximate surface area is 109 Å². The number of oxime groups is 1. The third kappa shape index (κ3) is 4.44. The number of hydrogen-bond donors (Lipinski definition) is 2. The van der Waals surface area contributed by atoms with E-state index in [1.165, 1.54) is 19.2 Å². The molecule has 0 bridgehead atoms. The fourth-order valence-corrected chi connectivity index (χ4v) is 1.04. The summed E-state index contributed by atoms with van der Waals surface area (Å²) in [5.74, 6) is 2.89. The Morgan fingerprint density at radius 2 is 2.06 bits per heavy atom. The van der Waals surface area contributed by atoms with Crippen LogP contribution in [0.2, 0.25) is 0 Å². The number of nitrogens with one attached hydrogen (secondary N) is 1. The number of methoxy groups -OCH3 is 1. The van der Waals surface area contributed by atoms with Crippen molar-refractivity contribution in [2.45, 2.75) is 0 Å². The Hall–Kier alpha value is -1.44. The van der Waals surface area contributed by atoms with E-state index >= 15 is 0 Å². The van der Waals surface area contributed by atoms with Crippen LogP contribution >= 0.6 is 12.4 Å². The third-order valence-corrected chi connectivity index (χ3v) is 1.91. The molecule has 0 aliphatic heterocycles. The molecule has 0 atom stereocenters. The number of rotatable bonds is 6. The van der Waals surface area contributed by atoms with Crippen molar-refractivity contribution < 1.29 is 18.4 Å². The molecule has 0 amide bonds. The van der Waals surface area contributed by atoms with Gasteiger partial charge in [0.1, 0.15) is 6.61 Å². The molecule has 0 saturated heterocycles. The molecule has 102 valence electrons. The summed E-state index contributed by atoms with van der Waals surface area (Å²) in [6, 6.07) is 2.63. The van der Waals surface area contributed by atoms with Gasteiger partial charge in [0.25, 0.3) is 0 Å². The molecule has 0 radical (unpaired) electrons. The van der Waals surface area contributed by atoms with Gasteiger partial charge in [-0.1, -0.05) is 5.16 Å². The minimum absolute atomic E-state index is 0. The second kappa shape index (κ2) is 8.62. The Morgan fingerprint density at radius 3 is 2.67 bits per heavy atom. The standard InChI is InChI=1S/C10H13F2N3O2.ClH/c1-16-4-5-17-14-6-7-2-3-8(15-13)10(12)9(7)11;/h2-3,6,15H,4-5,13H2,1H3;1H/b14-6+;. The minimum Gasteiger partial charge on any atom is -0.393 e. The molecule has 1 rings (SSSR count). The number of nitrogen functional groups attached to an aromatic ring is 1. The van der Waals surface area contributed by atoms with E-state index in [1.54, 1.807) is 0 Å². The van der Waals surface area contributed by atoms with E-state index in [0.717, 1.165) is 6.21 Å². The maximum Gasteiger partial charge on any atom is 0.183 e. The summed E-state index contributed by atoms with van der Waals surface area (Å²) >= 11 is 0. The fourth-order valence-electron chi connectivity index (χ4n) is 1.04. The first kappa shape index (κ1) is 16.6. The van der Waals surface area contributed by atoms with Crippen molar-refractivity contribution in [1.29, 1.82) is 0 Å². The lowest BCUT2D eigenvalue weighted by atomic mass is 10.2. The molecule has 1 aromatic rings. The number of ether oxygens (including phenoxy) is 1. The first-order valence-corrected chi connectivity index (χ1v) is 4.79. The molecule has 0 saturated carbocycles. The Morgan fingerprint density at radius 1 is 1.33 bits per heavy atom. The Kier molecular flexibility index (Phi) is 7.93. The van der Waals surface area contributed by atoms with Crippen LogP contribution in [0.4, 0.5) is 14.5 Å². The molecule has 0 spiro atoms. The molecule has 0 aliphatic rings. The predicted molar refractivity (Wildman–Crippen MR) is 66.8 cm³/mol. The van der Waals surface area contributed by atoms with Gasteiger partial charge in [-0.2, -0.15) is 0 Å². The molecule has 0 aromatic heterocycles. The topological polar surface area (TPSA) is 68.9 Å². The zero-order valence-electron chi connectivity index (χ0n) is 9.65. The number of nitrogens with two attached hydrogens (primary N) is 1. The number of benzene rings is 1. The average molecular weight is 282 g/mol. The molecule has 0 aliphatic carbocycles. The quantitative estimate of drug-likeness (QED) is 0.360. The predicted octanol–water partition coefficient (Wildman–Crippen LogP) is 1.67. The van der Waals surface area contributed by atoms with Crippen LogP contribution in [-0.4, -0.2) is 26.5 Å². The van der Waals surface area contributed by atoms with Gasteiger partial charge in [-0.15, -0.1) is 12.4 Å². The largest absolute Gasteiger partial charge is 0.393 e. The molecule has 0 unspecified atom stereocenters. The van der Waals surface area contributed by atoms with E-state index in [1.807, 2.05) is 5.43 Å². The van der Waals surface area contributed by atoms with E-state index in [-0.39, 0.29) is 30.3 Å². The third-order valence-electron chi connectivity index (χ3n) is 1.91. The maximum atomic E-state index is 13.4. The summed E-state index contributed by atoms with van der Waals surface area (Å²) in [5.41, 5.74) is 1.89. The van der Waals surface area contributed by atoms with Crippen molar-refractivity contribution in [3.05, 3.63) is 29.3 Å². The van der Waals surface area contributed by atoms with E-state index < -0.39 is 11.6 Å². The lowest BCUT2D eigenvalue weighted by molar-refractivity contribution is 0.0759. The number of hydrazine groups is 1. The monoisotopic (exact) mass is 281 g/mol. The molecular formula is C10H14ClF2N3O2. The van der Waals surface area contributed by atoms with Crippen molar-refractivity contribution in [3.8, 4) is 0 Å². The van der Waals surface area contributed by atoms with Gasteiger partial charge in [0, 0.05) is 12.7 Å². The number of halogens is 3. The van der Waals surface area contributed by atoms with Crippen LogP contribution in [0.5, 0.6) is 0 Å². The minimum atomic E-state index is -1.06. The summed E-state index contributed by atoms with van der Waals surface area (Å²) in [6.07, 6.45) is 1.08. The molecule has 8 heteroatoms. The first-order chi connectivity index (χ1) is 8.20. The highest BCUT2D eigenvalue weighted by atomic mass is 35.5. The molecule has 5 nitrogen and oxygen atoms in total. The van der Waals surface area contributed by atoms with Crippen molar-refractivity contribution >= 4 is 24.3 Å². The lowest BCUT2D eigenvalue weighted by Crippen LogP contribution is -2.10. The first-order valence-electron chi connectivity index (χ1n) is 4.79. The van der Waals surface area contributed by atoms with Gasteiger partial charge in [0.05, 0.1) is 18.5 Å². The van der Waals surface area contributed by atoms with Gasteiger partial charge >= 0.3 is 0 Å². The zero-order valence-corrected chi connectivity index (χ0v) is 10.5. The fraction of sp³-hybridized carbons (Fsp3) is 0.300. The van der Waals surface area contributed by atoms with Gasteiger partial charge in [0.15, 0.2) is 11.6 Å². The number of nitrogens with zero attached hydrogens (tertiary/aromatic N) is 1. The van der Waals surface area contributed by atoms with Crippen LogP contribution in [0.3, 0.4) is 0 Å². The normalized spacial score (nSPS) is 10.2. The molecule has 0 fully saturated rings. The van der Waals surface area contributed by atoms with Crippen molar-refractivity contribution in [2.75, 3.05) is 25.7 Å². The van der Waals surface area contributed by atoms with Gasteiger partial charge in [-0.25, -0.2) is 8.78 Å². The summed E-state index contributed by atoms with van der Waals surface area (Å²) in [7, 11) is 1.51. The van der Waals surface area contributed by atoms with Gasteiger partial charge < -0.3 is 15.0 Å². The zero-order chi connectivity index (χ0) is 12.7. The molecule has 1 aromatic carbocycles. The second-order valence-electron chi connectivity index (χ2n) is 3.04. The van der Waals surface area contributed by atoms with Gasteiger partial charge in [-0.05, 0) is 12.1 Å². The summed E-state index contributed by atoms with van der Waals surface area (Å²) in [4.78, 5) is 4.74. The highest BCUT2D eigenvalue weighted by Crippen LogP contribution is 2.18. The number of hydrogen-bond acceptors (Lipinski definition) is 5. The van der Waals surface area contributed by atoms with Crippen LogP contribution < -0.4 is 11.3 Å². The van der Waals surface area contributed by atoms with Crippen LogP contribution in [-0.2, 0) is 9.57 Å². The average Bonchev–Trinajstić information content (AvgIpc) is 2.34. The smallest absolute Gasteiger partial charge is 0.183 e. The van der Waals surface area contributed by atoms with Crippen molar-refractivity contribution in [3.63, 3.8) is 0 Å². The highest BCUT2D eigenvalue weighted by molar-refractivity contribution is 5.85. The van der Waals surface area contributed by atoms with Crippen molar-refractivity contribution in [1.82, 2.24) is 0 Å². The Balaban J connectivity index is 0.00000289. The lowest BCUT2D eigenvalue weighted by Gasteiger charge is -2.04. The molecule has 18 heavy (non-hydrogen) atoms. The highest BCUT2D eigenvalue weighted by Gasteiger charge is 2.11. The van der Waals surface area contributed by atoms with E-state index in [9.17, 15) is 8.78 Å². The summed E-state index contributed by atoms with van der Waals surface area (Å²) in [5, 5.41) is 3.47. The van der Waals surface area contributed by atoms with Crippen LogP contribution in [0.15, 0.2) is 17.3 Å². The Bertz CT molecular complexity index is 405. The number of anilines is 1. The SMILES string of the molecule is COCCO/N=C/c1ccc(NN)c(F)c1F.Cl. The maximum absolute atomic E-state index is 13.4.